The van der Waals surface area contributed by atoms with Gasteiger partial charge in [-0.15, -0.1) is 0 Å². The van der Waals surface area contributed by atoms with Crippen LogP contribution < -0.4 is 10.2 Å². The van der Waals surface area contributed by atoms with Crippen LogP contribution in [-0.2, 0) is 21.2 Å². The van der Waals surface area contributed by atoms with Crippen LogP contribution >= 0.6 is 0 Å². The molecular formula is C20H31N5O4S. The van der Waals surface area contributed by atoms with Crippen molar-refractivity contribution in [1.82, 2.24) is 14.3 Å². The Hall–Kier alpha value is -1.78. The van der Waals surface area contributed by atoms with Crippen LogP contribution in [0.1, 0.15) is 57.9 Å². The maximum atomic E-state index is 12.8. The fourth-order valence-electron chi connectivity index (χ4n) is 4.84. The van der Waals surface area contributed by atoms with Gasteiger partial charge in [-0.1, -0.05) is 0 Å². The van der Waals surface area contributed by atoms with Crippen molar-refractivity contribution in [2.75, 3.05) is 29.1 Å². The third kappa shape index (κ3) is 4.04. The second-order valence-corrected chi connectivity index (χ2v) is 11.0. The van der Waals surface area contributed by atoms with Crippen LogP contribution in [0.25, 0.3) is 0 Å². The number of nitrogens with zero attached hydrogens (tertiary/aromatic N) is 4. The zero-order chi connectivity index (χ0) is 21.5. The molecule has 3 aliphatic rings. The lowest BCUT2D eigenvalue weighted by Gasteiger charge is -2.39. The molecule has 1 aromatic rings. The molecule has 166 valence electrons. The summed E-state index contributed by atoms with van der Waals surface area (Å²) in [6, 6.07) is -0.192. The molecule has 0 spiro atoms. The Morgan fingerprint density at radius 3 is 2.63 bits per heavy atom. The van der Waals surface area contributed by atoms with E-state index in [0.717, 1.165) is 18.4 Å². The number of amides is 1. The number of carbonyl (C=O) groups excluding carboxylic acids is 1. The summed E-state index contributed by atoms with van der Waals surface area (Å²) in [6.07, 6.45) is 6.45. The van der Waals surface area contributed by atoms with Crippen molar-refractivity contribution >= 4 is 27.7 Å². The first kappa shape index (κ1) is 21.5. The quantitative estimate of drug-likeness (QED) is 0.713. The summed E-state index contributed by atoms with van der Waals surface area (Å²) in [4.78, 5) is 23.6. The van der Waals surface area contributed by atoms with E-state index < -0.39 is 15.6 Å². The van der Waals surface area contributed by atoms with Gasteiger partial charge in [0.15, 0.2) is 0 Å². The lowest BCUT2D eigenvalue weighted by Crippen LogP contribution is -2.52. The van der Waals surface area contributed by atoms with Gasteiger partial charge >= 0.3 is 0 Å². The number of rotatable bonds is 5. The van der Waals surface area contributed by atoms with Gasteiger partial charge in [-0.25, -0.2) is 17.7 Å². The largest absolute Gasteiger partial charge is 0.388 e. The standard InChI is InChI=1S/C20H31N5O4S/c1-3-30(28,29)24-11-8-15(9-12-24)22-19-21-13-14-6-7-17(26)25(18(14)23-19)16-5-4-10-20(16,2)27/h13,15-16,27H,3-12H2,1-2H3,(H,21,22,23)/t16-,20-/m1/s1. The van der Waals surface area contributed by atoms with Gasteiger partial charge in [0.2, 0.25) is 21.9 Å². The Morgan fingerprint density at radius 2 is 2.00 bits per heavy atom. The van der Waals surface area contributed by atoms with E-state index >= 15 is 0 Å². The molecule has 1 aliphatic carbocycles. The van der Waals surface area contributed by atoms with Crippen LogP contribution in [0.15, 0.2) is 6.20 Å². The van der Waals surface area contributed by atoms with E-state index in [9.17, 15) is 18.3 Å². The highest BCUT2D eigenvalue weighted by molar-refractivity contribution is 7.89. The van der Waals surface area contributed by atoms with Crippen molar-refractivity contribution in [2.45, 2.75) is 76.5 Å². The fraction of sp³-hybridized carbons (Fsp3) is 0.750. The molecule has 2 aliphatic heterocycles. The molecule has 4 rings (SSSR count). The Morgan fingerprint density at radius 1 is 1.27 bits per heavy atom. The van der Waals surface area contributed by atoms with Crippen molar-refractivity contribution in [2.24, 2.45) is 0 Å². The number of hydrogen-bond acceptors (Lipinski definition) is 7. The Kier molecular flexibility index (Phi) is 5.75. The van der Waals surface area contributed by atoms with E-state index in [4.69, 9.17) is 0 Å². The van der Waals surface area contributed by atoms with Crippen LogP contribution in [0.4, 0.5) is 11.8 Å². The molecule has 1 amide bonds. The average Bonchev–Trinajstić information content (AvgIpc) is 3.07. The number of fused-ring (bicyclic) bond motifs is 1. The first-order valence-electron chi connectivity index (χ1n) is 10.9. The Bertz CT molecular complexity index is 912. The number of hydrogen-bond donors (Lipinski definition) is 2. The summed E-state index contributed by atoms with van der Waals surface area (Å²) in [5, 5.41) is 14.1. The Balaban J connectivity index is 1.50. The van der Waals surface area contributed by atoms with Crippen LogP contribution in [0.2, 0.25) is 0 Å². The molecule has 0 unspecified atom stereocenters. The number of piperidine rings is 1. The molecule has 0 bridgehead atoms. The van der Waals surface area contributed by atoms with Gasteiger partial charge in [0, 0.05) is 37.3 Å². The number of aromatic nitrogens is 2. The summed E-state index contributed by atoms with van der Waals surface area (Å²) < 4.78 is 25.6. The Labute approximate surface area is 177 Å². The molecule has 1 aromatic heterocycles. The number of nitrogens with one attached hydrogen (secondary N) is 1. The highest BCUT2D eigenvalue weighted by Crippen LogP contribution is 2.39. The topological polar surface area (TPSA) is 116 Å². The third-order valence-corrected chi connectivity index (χ3v) is 8.56. The van der Waals surface area contributed by atoms with Gasteiger partial charge in [-0.3, -0.25) is 9.69 Å². The van der Waals surface area contributed by atoms with Crippen molar-refractivity contribution in [3.63, 3.8) is 0 Å². The minimum absolute atomic E-state index is 0.00240. The number of aryl methyl sites for hydroxylation is 1. The number of anilines is 2. The van der Waals surface area contributed by atoms with E-state index in [-0.39, 0.29) is 23.7 Å². The maximum Gasteiger partial charge on any atom is 0.228 e. The summed E-state index contributed by atoms with van der Waals surface area (Å²) in [7, 11) is -3.16. The van der Waals surface area contributed by atoms with Crippen molar-refractivity contribution in [1.29, 1.82) is 0 Å². The van der Waals surface area contributed by atoms with Gasteiger partial charge in [-0.2, -0.15) is 4.98 Å². The molecule has 0 radical (unpaired) electrons. The summed E-state index contributed by atoms with van der Waals surface area (Å²) in [6.45, 7) is 4.42. The number of carbonyl (C=O) groups is 1. The maximum absolute atomic E-state index is 12.8. The molecule has 3 heterocycles. The fourth-order valence-corrected chi connectivity index (χ4v) is 5.97. The molecule has 2 fully saturated rings. The number of sulfonamides is 1. The van der Waals surface area contributed by atoms with Gasteiger partial charge in [0.25, 0.3) is 0 Å². The van der Waals surface area contributed by atoms with Crippen LogP contribution in [-0.4, -0.2) is 70.2 Å². The van der Waals surface area contributed by atoms with Gasteiger partial charge in [0.05, 0.1) is 17.4 Å². The van der Waals surface area contributed by atoms with E-state index in [0.29, 0.717) is 57.0 Å². The lowest BCUT2D eigenvalue weighted by molar-refractivity contribution is -0.120. The predicted octanol–water partition coefficient (Wildman–Crippen LogP) is 1.29. The highest BCUT2D eigenvalue weighted by Gasteiger charge is 2.45. The minimum Gasteiger partial charge on any atom is -0.388 e. The van der Waals surface area contributed by atoms with E-state index in [1.165, 1.54) is 0 Å². The smallest absolute Gasteiger partial charge is 0.228 e. The van der Waals surface area contributed by atoms with E-state index in [1.54, 1.807) is 29.2 Å². The van der Waals surface area contributed by atoms with E-state index in [1.807, 2.05) is 0 Å². The summed E-state index contributed by atoms with van der Waals surface area (Å²) in [5.74, 6) is 1.16. The zero-order valence-electron chi connectivity index (χ0n) is 17.7. The molecule has 1 saturated heterocycles. The van der Waals surface area contributed by atoms with Crippen molar-refractivity contribution < 1.29 is 18.3 Å². The third-order valence-electron chi connectivity index (χ3n) is 6.68. The molecule has 9 nitrogen and oxygen atoms in total. The summed E-state index contributed by atoms with van der Waals surface area (Å²) in [5.41, 5.74) is 0.00662. The SMILES string of the molecule is CCS(=O)(=O)N1CCC(Nc2ncc3c(n2)N([C@@H]2CCC[C@@]2(C)O)C(=O)CC3)CC1. The van der Waals surface area contributed by atoms with E-state index in [2.05, 4.69) is 15.3 Å². The van der Waals surface area contributed by atoms with Crippen LogP contribution in [0, 0.1) is 0 Å². The zero-order valence-corrected chi connectivity index (χ0v) is 18.5. The molecule has 2 atom stereocenters. The first-order chi connectivity index (χ1) is 14.2. The van der Waals surface area contributed by atoms with Gasteiger partial charge in [-0.05, 0) is 52.4 Å². The summed E-state index contributed by atoms with van der Waals surface area (Å²) >= 11 is 0. The molecule has 0 aromatic carbocycles. The molecular weight excluding hydrogens is 406 g/mol. The average molecular weight is 438 g/mol. The minimum atomic E-state index is -3.16. The van der Waals surface area contributed by atoms with Crippen LogP contribution in [0.5, 0.6) is 0 Å². The lowest BCUT2D eigenvalue weighted by atomic mass is 9.95. The molecule has 10 heteroatoms. The second kappa shape index (κ2) is 8.05. The van der Waals surface area contributed by atoms with Crippen molar-refractivity contribution in [3.05, 3.63) is 11.8 Å². The van der Waals surface area contributed by atoms with Gasteiger partial charge < -0.3 is 10.4 Å². The normalized spacial score (nSPS) is 28.6. The molecule has 1 saturated carbocycles. The van der Waals surface area contributed by atoms with Gasteiger partial charge in [0.1, 0.15) is 5.82 Å². The highest BCUT2D eigenvalue weighted by atomic mass is 32.2. The first-order valence-corrected chi connectivity index (χ1v) is 12.5. The van der Waals surface area contributed by atoms with Crippen molar-refractivity contribution in [3.8, 4) is 0 Å². The van der Waals surface area contributed by atoms with Crippen LogP contribution in [0.3, 0.4) is 0 Å². The monoisotopic (exact) mass is 437 g/mol. The number of aliphatic hydroxyl groups is 1. The molecule has 2 N–H and O–H groups in total. The predicted molar refractivity (Wildman–Crippen MR) is 114 cm³/mol. The second-order valence-electron chi connectivity index (χ2n) is 8.79. The molecule has 30 heavy (non-hydrogen) atoms.